The first-order chi connectivity index (χ1) is 8.87. The predicted octanol–water partition coefficient (Wildman–Crippen LogP) is 2.48. The number of carbonyl (C=O) groups excluding carboxylic acids is 1. The van der Waals surface area contributed by atoms with Crippen LogP contribution in [0.15, 0.2) is 24.3 Å². The van der Waals surface area contributed by atoms with Gasteiger partial charge in [-0.15, -0.1) is 0 Å². The van der Waals surface area contributed by atoms with Crippen LogP contribution in [-0.4, -0.2) is 35.1 Å². The number of β-amino-alcohol motifs (C(OH)–C–C–N with tert-alkyl or cyclic N) is 1. The summed E-state index contributed by atoms with van der Waals surface area (Å²) in [5.41, 5.74) is 1.99. The second kappa shape index (κ2) is 5.33. The number of amides is 1. The Balaban J connectivity index is 2.03. The molecule has 1 aromatic rings. The molecule has 1 heterocycles. The van der Waals surface area contributed by atoms with E-state index in [-0.39, 0.29) is 11.3 Å². The number of rotatable bonds is 3. The smallest absolute Gasteiger partial charge is 0.254 e. The van der Waals surface area contributed by atoms with Gasteiger partial charge in [-0.1, -0.05) is 39.0 Å². The molecule has 0 saturated carbocycles. The lowest BCUT2D eigenvalue weighted by Gasteiger charge is -2.32. The van der Waals surface area contributed by atoms with Crippen molar-refractivity contribution in [3.63, 3.8) is 0 Å². The van der Waals surface area contributed by atoms with Crippen molar-refractivity contribution in [3.05, 3.63) is 35.4 Å². The van der Waals surface area contributed by atoms with E-state index in [1.807, 2.05) is 24.3 Å². The molecule has 1 aliphatic rings. The van der Waals surface area contributed by atoms with Crippen LogP contribution in [0.1, 0.15) is 43.1 Å². The Bertz CT molecular complexity index is 462. The summed E-state index contributed by atoms with van der Waals surface area (Å²) in [6.45, 7) is 7.44. The third-order valence-electron chi connectivity index (χ3n) is 3.47. The third kappa shape index (κ3) is 3.57. The van der Waals surface area contributed by atoms with Crippen LogP contribution in [0, 0.1) is 5.41 Å². The minimum atomic E-state index is -0.450. The number of benzene rings is 1. The largest absolute Gasteiger partial charge is 0.391 e. The van der Waals surface area contributed by atoms with Gasteiger partial charge in [0.25, 0.3) is 5.91 Å². The Morgan fingerprint density at radius 1 is 1.32 bits per heavy atom. The van der Waals surface area contributed by atoms with E-state index in [1.54, 1.807) is 4.90 Å². The fourth-order valence-electron chi connectivity index (χ4n) is 2.67. The number of hydrogen-bond donors (Lipinski definition) is 1. The van der Waals surface area contributed by atoms with Crippen molar-refractivity contribution in [1.29, 1.82) is 0 Å². The van der Waals surface area contributed by atoms with Crippen LogP contribution in [0.2, 0.25) is 0 Å². The minimum Gasteiger partial charge on any atom is -0.391 e. The zero-order chi connectivity index (χ0) is 14.0. The van der Waals surface area contributed by atoms with Crippen molar-refractivity contribution in [1.82, 2.24) is 4.90 Å². The van der Waals surface area contributed by atoms with Gasteiger partial charge in [-0.3, -0.25) is 4.79 Å². The molecular weight excluding hydrogens is 238 g/mol. The first-order valence-corrected chi connectivity index (χ1v) is 6.92. The average Bonchev–Trinajstić information content (AvgIpc) is 2.31. The summed E-state index contributed by atoms with van der Waals surface area (Å²) < 4.78 is 0. The second-order valence-electron chi connectivity index (χ2n) is 6.58. The van der Waals surface area contributed by atoms with E-state index in [9.17, 15) is 9.90 Å². The number of hydrogen-bond acceptors (Lipinski definition) is 2. The maximum absolute atomic E-state index is 12.3. The highest BCUT2D eigenvalue weighted by atomic mass is 16.3. The highest BCUT2D eigenvalue weighted by Crippen LogP contribution is 2.23. The van der Waals surface area contributed by atoms with E-state index in [4.69, 9.17) is 0 Å². The summed E-state index contributed by atoms with van der Waals surface area (Å²) >= 11 is 0. The normalized spacial score (nSPS) is 17.3. The molecule has 3 nitrogen and oxygen atoms in total. The van der Waals surface area contributed by atoms with Crippen LogP contribution in [0.25, 0.3) is 0 Å². The molecule has 0 aliphatic carbocycles. The summed E-state index contributed by atoms with van der Waals surface area (Å²) in [7, 11) is 0. The van der Waals surface area contributed by atoms with E-state index in [0.29, 0.717) is 19.5 Å². The van der Waals surface area contributed by atoms with E-state index in [2.05, 4.69) is 20.8 Å². The highest BCUT2D eigenvalue weighted by molar-refractivity contribution is 5.96. The maximum Gasteiger partial charge on any atom is 0.254 e. The molecule has 3 heteroatoms. The maximum atomic E-state index is 12.3. The van der Waals surface area contributed by atoms with E-state index in [0.717, 1.165) is 17.5 Å². The lowest BCUT2D eigenvalue weighted by atomic mass is 9.89. The van der Waals surface area contributed by atoms with Crippen molar-refractivity contribution in [3.8, 4) is 0 Å². The topological polar surface area (TPSA) is 40.5 Å². The van der Waals surface area contributed by atoms with Crippen molar-refractivity contribution >= 4 is 5.91 Å². The van der Waals surface area contributed by atoms with Crippen LogP contribution < -0.4 is 0 Å². The molecule has 0 spiro atoms. The SMILES string of the molecule is CC(C)(C)CC(O)CN1CCc2ccccc2C1=O. The Labute approximate surface area is 115 Å². The van der Waals surface area contributed by atoms with Gasteiger partial charge < -0.3 is 10.0 Å². The van der Waals surface area contributed by atoms with Gasteiger partial charge >= 0.3 is 0 Å². The predicted molar refractivity (Wildman–Crippen MR) is 76.1 cm³/mol. The minimum absolute atomic E-state index is 0.0507. The molecule has 104 valence electrons. The summed E-state index contributed by atoms with van der Waals surface area (Å²) in [4.78, 5) is 14.1. The zero-order valence-corrected chi connectivity index (χ0v) is 12.0. The number of fused-ring (bicyclic) bond motifs is 1. The number of nitrogens with zero attached hydrogens (tertiary/aromatic N) is 1. The second-order valence-corrected chi connectivity index (χ2v) is 6.58. The Morgan fingerprint density at radius 3 is 2.68 bits per heavy atom. The molecule has 1 N–H and O–H groups in total. The molecule has 2 rings (SSSR count). The van der Waals surface area contributed by atoms with Crippen LogP contribution in [0.3, 0.4) is 0 Å². The molecule has 0 fully saturated rings. The van der Waals surface area contributed by atoms with Gasteiger partial charge in [0.15, 0.2) is 0 Å². The molecule has 0 aromatic heterocycles. The highest BCUT2D eigenvalue weighted by Gasteiger charge is 2.26. The average molecular weight is 261 g/mol. The quantitative estimate of drug-likeness (QED) is 0.908. The molecule has 0 saturated heterocycles. The Hall–Kier alpha value is -1.35. The number of aliphatic hydroxyl groups excluding tert-OH is 1. The fourth-order valence-corrected chi connectivity index (χ4v) is 2.67. The molecule has 1 atom stereocenters. The Kier molecular flexibility index (Phi) is 3.95. The van der Waals surface area contributed by atoms with Gasteiger partial charge in [-0.25, -0.2) is 0 Å². The monoisotopic (exact) mass is 261 g/mol. The van der Waals surface area contributed by atoms with Gasteiger partial charge in [0.05, 0.1) is 6.10 Å². The summed E-state index contributed by atoms with van der Waals surface area (Å²) in [5.74, 6) is 0.0507. The van der Waals surface area contributed by atoms with Gasteiger partial charge in [-0.2, -0.15) is 0 Å². The van der Waals surface area contributed by atoms with Crippen LogP contribution in [0.4, 0.5) is 0 Å². The van der Waals surface area contributed by atoms with E-state index < -0.39 is 6.10 Å². The zero-order valence-electron chi connectivity index (χ0n) is 12.0. The van der Waals surface area contributed by atoms with Crippen LogP contribution in [-0.2, 0) is 6.42 Å². The summed E-state index contributed by atoms with van der Waals surface area (Å²) in [5, 5.41) is 10.1. The molecule has 0 bridgehead atoms. The van der Waals surface area contributed by atoms with Gasteiger partial charge in [0, 0.05) is 18.7 Å². The lowest BCUT2D eigenvalue weighted by Crippen LogP contribution is -2.42. The number of carbonyl (C=O) groups is 1. The molecule has 19 heavy (non-hydrogen) atoms. The van der Waals surface area contributed by atoms with Crippen LogP contribution in [0.5, 0.6) is 0 Å². The number of aliphatic hydroxyl groups is 1. The molecule has 1 aromatic carbocycles. The van der Waals surface area contributed by atoms with E-state index in [1.165, 1.54) is 0 Å². The lowest BCUT2D eigenvalue weighted by molar-refractivity contribution is 0.0514. The summed E-state index contributed by atoms with van der Waals surface area (Å²) in [6, 6.07) is 7.75. The fraction of sp³-hybridized carbons (Fsp3) is 0.562. The third-order valence-corrected chi connectivity index (χ3v) is 3.47. The van der Waals surface area contributed by atoms with Gasteiger partial charge in [-0.05, 0) is 29.9 Å². The van der Waals surface area contributed by atoms with Gasteiger partial charge in [0.2, 0.25) is 0 Å². The van der Waals surface area contributed by atoms with Crippen molar-refractivity contribution in [2.24, 2.45) is 5.41 Å². The van der Waals surface area contributed by atoms with E-state index >= 15 is 0 Å². The first kappa shape index (κ1) is 14.1. The van der Waals surface area contributed by atoms with Gasteiger partial charge in [0.1, 0.15) is 0 Å². The first-order valence-electron chi connectivity index (χ1n) is 6.92. The molecule has 0 radical (unpaired) electrons. The standard InChI is InChI=1S/C16H23NO2/c1-16(2,3)10-13(18)11-17-9-8-12-6-4-5-7-14(12)15(17)19/h4-7,13,18H,8-11H2,1-3H3. The Morgan fingerprint density at radius 2 is 2.00 bits per heavy atom. The molecule has 1 amide bonds. The van der Waals surface area contributed by atoms with Crippen molar-refractivity contribution in [2.45, 2.75) is 39.7 Å². The summed E-state index contributed by atoms with van der Waals surface area (Å²) in [6.07, 6.45) is 1.14. The van der Waals surface area contributed by atoms with Crippen molar-refractivity contribution in [2.75, 3.05) is 13.1 Å². The molecule has 1 aliphatic heterocycles. The molecule has 1 unspecified atom stereocenters. The molecular formula is C16H23NO2. The van der Waals surface area contributed by atoms with Crippen LogP contribution >= 0.6 is 0 Å². The van der Waals surface area contributed by atoms with Crippen molar-refractivity contribution < 1.29 is 9.90 Å².